The Labute approximate surface area is 199 Å². The van der Waals surface area contributed by atoms with Crippen molar-refractivity contribution in [2.75, 3.05) is 20.8 Å². The van der Waals surface area contributed by atoms with Gasteiger partial charge in [-0.2, -0.15) is 4.98 Å². The number of ether oxygens (including phenoxy) is 2. The van der Waals surface area contributed by atoms with E-state index in [0.29, 0.717) is 28.3 Å². The number of aryl methyl sites for hydroxylation is 1. The molecule has 0 bridgehead atoms. The smallest absolute Gasteiger partial charge is 0.258 e. The van der Waals surface area contributed by atoms with Crippen LogP contribution in [0.25, 0.3) is 17.0 Å². The van der Waals surface area contributed by atoms with Gasteiger partial charge in [0.1, 0.15) is 0 Å². The average molecular weight is 465 g/mol. The fraction of sp³-hybridized carbons (Fsp3) is 0.320. The standard InChI is InChI=1S/C25H28N4O3S/c1-6-16-8-10-17(11-9-16)23-27-24(32-28-23)21-15(3)29(7-2)25(33)26-22(21)18-12-13-19(30-4)20(14-18)31-5/h8-14,22H,6-7H2,1-5H3,(H,26,33). The van der Waals surface area contributed by atoms with Crippen LogP contribution in [0.15, 0.2) is 52.7 Å². The van der Waals surface area contributed by atoms with Crippen molar-refractivity contribution in [2.24, 2.45) is 0 Å². The van der Waals surface area contributed by atoms with Crippen molar-refractivity contribution in [3.63, 3.8) is 0 Å². The monoisotopic (exact) mass is 464 g/mol. The lowest BCUT2D eigenvalue weighted by Gasteiger charge is -2.36. The first-order valence-electron chi connectivity index (χ1n) is 10.9. The van der Waals surface area contributed by atoms with Gasteiger partial charge >= 0.3 is 0 Å². The predicted molar refractivity (Wildman–Crippen MR) is 132 cm³/mol. The van der Waals surface area contributed by atoms with Crippen LogP contribution in [0.2, 0.25) is 0 Å². The zero-order valence-corrected chi connectivity index (χ0v) is 20.3. The Balaban J connectivity index is 1.79. The number of hydrogen-bond donors (Lipinski definition) is 1. The van der Waals surface area contributed by atoms with E-state index in [1.165, 1.54) is 5.56 Å². The summed E-state index contributed by atoms with van der Waals surface area (Å²) in [5, 5.41) is 8.35. The largest absolute Gasteiger partial charge is 0.493 e. The maximum atomic E-state index is 5.78. The summed E-state index contributed by atoms with van der Waals surface area (Å²) in [6.07, 6.45) is 0.981. The summed E-state index contributed by atoms with van der Waals surface area (Å²) in [6, 6.07) is 13.7. The third kappa shape index (κ3) is 4.30. The minimum atomic E-state index is -0.282. The van der Waals surface area contributed by atoms with E-state index in [2.05, 4.69) is 36.5 Å². The molecule has 172 valence electrons. The van der Waals surface area contributed by atoms with Crippen molar-refractivity contribution >= 4 is 22.9 Å². The van der Waals surface area contributed by atoms with E-state index in [0.717, 1.165) is 35.4 Å². The zero-order chi connectivity index (χ0) is 23.5. The number of nitrogens with zero attached hydrogens (tertiary/aromatic N) is 3. The molecular weight excluding hydrogens is 436 g/mol. The summed E-state index contributed by atoms with van der Waals surface area (Å²) in [5.74, 6) is 2.30. The molecule has 0 amide bonds. The van der Waals surface area contributed by atoms with Gasteiger partial charge in [-0.1, -0.05) is 42.4 Å². The third-order valence-electron chi connectivity index (χ3n) is 5.93. The lowest BCUT2D eigenvalue weighted by molar-refractivity contribution is 0.354. The molecule has 1 unspecified atom stereocenters. The molecule has 7 nitrogen and oxygen atoms in total. The van der Waals surface area contributed by atoms with Gasteiger partial charge in [0.2, 0.25) is 5.82 Å². The quantitative estimate of drug-likeness (QED) is 0.490. The Bertz CT molecular complexity index is 1190. The first-order chi connectivity index (χ1) is 16.0. The van der Waals surface area contributed by atoms with Crippen LogP contribution in [-0.2, 0) is 6.42 Å². The van der Waals surface area contributed by atoms with E-state index in [1.54, 1.807) is 14.2 Å². The summed E-state index contributed by atoms with van der Waals surface area (Å²) in [7, 11) is 3.24. The Hall–Kier alpha value is -3.39. The van der Waals surface area contributed by atoms with E-state index in [1.807, 2.05) is 42.2 Å². The molecule has 1 N–H and O–H groups in total. The minimum Gasteiger partial charge on any atom is -0.493 e. The lowest BCUT2D eigenvalue weighted by atomic mass is 9.94. The third-order valence-corrected chi connectivity index (χ3v) is 6.27. The van der Waals surface area contributed by atoms with Crippen molar-refractivity contribution in [3.05, 3.63) is 65.2 Å². The van der Waals surface area contributed by atoms with Gasteiger partial charge in [0, 0.05) is 17.8 Å². The first kappa shape index (κ1) is 22.8. The maximum Gasteiger partial charge on any atom is 0.258 e. The molecule has 0 spiro atoms. The van der Waals surface area contributed by atoms with Crippen molar-refractivity contribution in [2.45, 2.75) is 33.2 Å². The SMILES string of the molecule is CCc1ccc(-c2noc(C3=C(C)N(CC)C(=S)NC3c3ccc(OC)c(OC)c3)n2)cc1. The van der Waals surface area contributed by atoms with Gasteiger partial charge in [0.05, 0.1) is 25.8 Å². The number of benzene rings is 2. The number of methoxy groups -OCH3 is 2. The van der Waals surface area contributed by atoms with Crippen LogP contribution in [0.1, 0.15) is 43.8 Å². The number of allylic oxidation sites excluding steroid dienone is 1. The van der Waals surface area contributed by atoms with Crippen LogP contribution >= 0.6 is 12.2 Å². The molecule has 0 saturated carbocycles. The molecule has 33 heavy (non-hydrogen) atoms. The number of rotatable bonds is 7. The van der Waals surface area contributed by atoms with Crippen molar-refractivity contribution in [1.82, 2.24) is 20.4 Å². The van der Waals surface area contributed by atoms with Crippen LogP contribution < -0.4 is 14.8 Å². The van der Waals surface area contributed by atoms with E-state index in [-0.39, 0.29) is 6.04 Å². The highest BCUT2D eigenvalue weighted by Crippen LogP contribution is 2.40. The Morgan fingerprint density at radius 1 is 1.06 bits per heavy atom. The Morgan fingerprint density at radius 2 is 1.79 bits per heavy atom. The van der Waals surface area contributed by atoms with Crippen LogP contribution in [0.5, 0.6) is 11.5 Å². The number of hydrogen-bond acceptors (Lipinski definition) is 6. The predicted octanol–water partition coefficient (Wildman–Crippen LogP) is 5.00. The lowest BCUT2D eigenvalue weighted by Crippen LogP contribution is -2.45. The van der Waals surface area contributed by atoms with E-state index in [9.17, 15) is 0 Å². The number of nitrogens with one attached hydrogen (secondary N) is 1. The van der Waals surface area contributed by atoms with Gasteiger partial charge in [-0.15, -0.1) is 0 Å². The second-order valence-corrected chi connectivity index (χ2v) is 8.10. The molecule has 2 aromatic carbocycles. The van der Waals surface area contributed by atoms with Gasteiger partial charge < -0.3 is 24.2 Å². The zero-order valence-electron chi connectivity index (χ0n) is 19.5. The molecule has 0 fully saturated rings. The van der Waals surface area contributed by atoms with E-state index in [4.69, 9.17) is 31.2 Å². The summed E-state index contributed by atoms with van der Waals surface area (Å²) in [6.45, 7) is 6.93. The number of thiocarbonyl (C=S) groups is 1. The summed E-state index contributed by atoms with van der Waals surface area (Å²) >= 11 is 5.66. The molecule has 1 atom stereocenters. The normalized spacial score (nSPS) is 16.1. The Morgan fingerprint density at radius 3 is 2.42 bits per heavy atom. The molecule has 1 aliphatic rings. The molecule has 1 aliphatic heterocycles. The molecule has 8 heteroatoms. The van der Waals surface area contributed by atoms with Crippen molar-refractivity contribution < 1.29 is 14.0 Å². The van der Waals surface area contributed by atoms with Gasteiger partial charge in [0.25, 0.3) is 5.89 Å². The summed E-state index contributed by atoms with van der Waals surface area (Å²) in [4.78, 5) is 6.78. The van der Waals surface area contributed by atoms with Crippen molar-refractivity contribution in [1.29, 1.82) is 0 Å². The Kier molecular flexibility index (Phi) is 6.65. The molecule has 0 saturated heterocycles. The molecule has 3 aromatic rings. The molecule has 4 rings (SSSR count). The fourth-order valence-electron chi connectivity index (χ4n) is 4.06. The fourth-order valence-corrected chi connectivity index (χ4v) is 4.45. The van der Waals surface area contributed by atoms with Crippen LogP contribution in [0.4, 0.5) is 0 Å². The maximum absolute atomic E-state index is 5.78. The number of aromatic nitrogens is 2. The molecule has 1 aromatic heterocycles. The highest BCUT2D eigenvalue weighted by Gasteiger charge is 2.34. The topological polar surface area (TPSA) is 72.7 Å². The van der Waals surface area contributed by atoms with Crippen molar-refractivity contribution in [3.8, 4) is 22.9 Å². The second kappa shape index (κ2) is 9.62. The van der Waals surface area contributed by atoms with E-state index >= 15 is 0 Å². The first-order valence-corrected chi connectivity index (χ1v) is 11.4. The van der Waals surface area contributed by atoms with Gasteiger partial charge in [-0.25, -0.2) is 0 Å². The summed E-state index contributed by atoms with van der Waals surface area (Å²) in [5.41, 5.74) is 4.97. The highest BCUT2D eigenvalue weighted by atomic mass is 32.1. The van der Waals surface area contributed by atoms with Crippen LogP contribution in [0.3, 0.4) is 0 Å². The molecule has 0 aliphatic carbocycles. The van der Waals surface area contributed by atoms with Gasteiger partial charge in [-0.3, -0.25) is 0 Å². The van der Waals surface area contributed by atoms with Gasteiger partial charge in [-0.05, 0) is 55.7 Å². The minimum absolute atomic E-state index is 0.282. The second-order valence-electron chi connectivity index (χ2n) is 7.71. The molecule has 0 radical (unpaired) electrons. The van der Waals surface area contributed by atoms with E-state index < -0.39 is 0 Å². The average Bonchev–Trinajstić information content (AvgIpc) is 3.33. The highest BCUT2D eigenvalue weighted by molar-refractivity contribution is 7.80. The van der Waals surface area contributed by atoms with Gasteiger partial charge in [0.15, 0.2) is 16.6 Å². The molecular formula is C25H28N4O3S. The van der Waals surface area contributed by atoms with Crippen LogP contribution in [-0.4, -0.2) is 40.9 Å². The summed E-state index contributed by atoms with van der Waals surface area (Å²) < 4.78 is 16.7. The molecule has 2 heterocycles. The van der Waals surface area contributed by atoms with Crippen LogP contribution in [0, 0.1) is 0 Å².